The lowest BCUT2D eigenvalue weighted by Gasteiger charge is -2.11. The summed E-state index contributed by atoms with van der Waals surface area (Å²) in [4.78, 5) is 12.0. The van der Waals surface area contributed by atoms with E-state index < -0.39 is 6.61 Å². The van der Waals surface area contributed by atoms with Crippen molar-refractivity contribution in [2.45, 2.75) is 31.3 Å². The number of thioether (sulfide) groups is 1. The van der Waals surface area contributed by atoms with E-state index in [1.165, 1.54) is 17.8 Å². The van der Waals surface area contributed by atoms with Crippen molar-refractivity contribution in [1.82, 2.24) is 5.32 Å². The number of hydrogen-bond acceptors (Lipinski definition) is 3. The monoisotopic (exact) mass is 289 g/mol. The van der Waals surface area contributed by atoms with Gasteiger partial charge in [0.2, 0.25) is 5.91 Å². The maximum atomic E-state index is 12.3. The molecule has 3 nitrogen and oxygen atoms in total. The summed E-state index contributed by atoms with van der Waals surface area (Å²) in [5, 5.41) is 2.53. The van der Waals surface area contributed by atoms with Crippen LogP contribution in [-0.2, 0) is 11.2 Å². The van der Waals surface area contributed by atoms with E-state index in [9.17, 15) is 13.6 Å². The summed E-state index contributed by atoms with van der Waals surface area (Å²) >= 11 is 1.37. The fraction of sp³-hybridized carbons (Fsp3) is 0.462. The Bertz CT molecular complexity index is 427. The molecular weight excluding hydrogens is 272 g/mol. The van der Waals surface area contributed by atoms with Gasteiger partial charge < -0.3 is 10.1 Å². The fourth-order valence-corrected chi connectivity index (χ4v) is 2.37. The summed E-state index contributed by atoms with van der Waals surface area (Å²) in [5.41, 5.74) is 0.740. The number of alkyl halides is 2. The maximum absolute atomic E-state index is 12.3. The third kappa shape index (κ3) is 5.46. The molecule has 0 aliphatic heterocycles. The summed E-state index contributed by atoms with van der Waals surface area (Å²) < 4.78 is 29.0. The van der Waals surface area contributed by atoms with E-state index in [1.54, 1.807) is 19.2 Å². The van der Waals surface area contributed by atoms with Crippen LogP contribution in [0.1, 0.15) is 18.9 Å². The molecule has 0 radical (unpaired) electrons. The Morgan fingerprint density at radius 2 is 2.21 bits per heavy atom. The number of ether oxygens (including phenoxy) is 1. The second-order valence-corrected chi connectivity index (χ2v) is 4.91. The maximum Gasteiger partial charge on any atom is 0.387 e. The van der Waals surface area contributed by atoms with Gasteiger partial charge in [-0.15, -0.1) is 11.8 Å². The lowest BCUT2D eigenvalue weighted by molar-refractivity contribution is -0.118. The van der Waals surface area contributed by atoms with Gasteiger partial charge in [0.25, 0.3) is 0 Å². The summed E-state index contributed by atoms with van der Waals surface area (Å²) in [5.74, 6) is 0.438. The Hall–Kier alpha value is -1.30. The highest BCUT2D eigenvalue weighted by Crippen LogP contribution is 2.28. The zero-order valence-corrected chi connectivity index (χ0v) is 11.7. The molecule has 0 aliphatic carbocycles. The molecule has 1 aromatic carbocycles. The molecule has 1 aromatic rings. The van der Waals surface area contributed by atoms with Gasteiger partial charge in [-0.25, -0.2) is 0 Å². The topological polar surface area (TPSA) is 38.3 Å². The average molecular weight is 289 g/mol. The van der Waals surface area contributed by atoms with Crippen LogP contribution >= 0.6 is 11.8 Å². The number of rotatable bonds is 7. The van der Waals surface area contributed by atoms with E-state index in [-0.39, 0.29) is 11.7 Å². The van der Waals surface area contributed by atoms with Crippen molar-refractivity contribution in [3.63, 3.8) is 0 Å². The molecule has 0 unspecified atom stereocenters. The normalized spacial score (nSPS) is 10.6. The number of nitrogens with one attached hydrogen (secondary N) is 1. The quantitative estimate of drug-likeness (QED) is 0.784. The largest absolute Gasteiger partial charge is 0.435 e. The van der Waals surface area contributed by atoms with Crippen molar-refractivity contribution in [2.75, 3.05) is 12.8 Å². The Kier molecular flexibility index (Phi) is 6.62. The Balaban J connectivity index is 2.79. The van der Waals surface area contributed by atoms with Crippen LogP contribution in [0, 0.1) is 0 Å². The van der Waals surface area contributed by atoms with Crippen molar-refractivity contribution in [3.8, 4) is 5.75 Å². The SMILES string of the molecule is CCCc1cc(SCC(=O)NC)ccc1OC(F)F. The summed E-state index contributed by atoms with van der Waals surface area (Å²) in [7, 11) is 1.57. The smallest absolute Gasteiger partial charge is 0.387 e. The predicted molar refractivity (Wildman–Crippen MR) is 71.9 cm³/mol. The molecule has 0 heterocycles. The van der Waals surface area contributed by atoms with Gasteiger partial charge in [-0.05, 0) is 30.2 Å². The van der Waals surface area contributed by atoms with Crippen LogP contribution in [-0.4, -0.2) is 25.3 Å². The lowest BCUT2D eigenvalue weighted by atomic mass is 10.1. The van der Waals surface area contributed by atoms with Crippen LogP contribution in [0.15, 0.2) is 23.1 Å². The van der Waals surface area contributed by atoms with Crippen LogP contribution in [0.25, 0.3) is 0 Å². The van der Waals surface area contributed by atoms with Gasteiger partial charge in [0.1, 0.15) is 5.75 Å². The van der Waals surface area contributed by atoms with Crippen molar-refractivity contribution < 1.29 is 18.3 Å². The first-order valence-electron chi connectivity index (χ1n) is 5.98. The molecule has 1 amide bonds. The molecule has 0 bridgehead atoms. The van der Waals surface area contributed by atoms with Gasteiger partial charge in [0.15, 0.2) is 0 Å². The van der Waals surface area contributed by atoms with Gasteiger partial charge in [0.05, 0.1) is 5.75 Å². The molecule has 0 saturated heterocycles. The molecular formula is C13H17F2NO2S. The van der Waals surface area contributed by atoms with E-state index in [1.807, 2.05) is 6.92 Å². The average Bonchev–Trinajstić information content (AvgIpc) is 2.38. The Morgan fingerprint density at radius 3 is 2.79 bits per heavy atom. The van der Waals surface area contributed by atoms with Crippen LogP contribution < -0.4 is 10.1 Å². The number of aryl methyl sites for hydroxylation is 1. The molecule has 0 aliphatic rings. The zero-order chi connectivity index (χ0) is 14.3. The molecule has 0 fully saturated rings. The first kappa shape index (κ1) is 15.8. The minimum atomic E-state index is -2.82. The number of carbonyl (C=O) groups is 1. The van der Waals surface area contributed by atoms with Crippen molar-refractivity contribution in [1.29, 1.82) is 0 Å². The summed E-state index contributed by atoms with van der Waals surface area (Å²) in [6.45, 7) is -0.851. The van der Waals surface area contributed by atoms with Gasteiger partial charge >= 0.3 is 6.61 Å². The van der Waals surface area contributed by atoms with Crippen molar-refractivity contribution >= 4 is 17.7 Å². The minimum absolute atomic E-state index is 0.0741. The van der Waals surface area contributed by atoms with E-state index in [0.717, 1.165) is 16.9 Å². The first-order valence-corrected chi connectivity index (χ1v) is 6.96. The summed E-state index contributed by atoms with van der Waals surface area (Å²) in [6, 6.07) is 5.02. The molecule has 0 saturated carbocycles. The number of carbonyl (C=O) groups excluding carboxylic acids is 1. The van der Waals surface area contributed by atoms with Gasteiger partial charge in [-0.2, -0.15) is 8.78 Å². The molecule has 1 N–H and O–H groups in total. The molecule has 106 valence electrons. The zero-order valence-electron chi connectivity index (χ0n) is 10.9. The molecule has 1 rings (SSSR count). The molecule has 6 heteroatoms. The third-order valence-electron chi connectivity index (χ3n) is 2.42. The van der Waals surface area contributed by atoms with Crippen molar-refractivity contribution in [2.24, 2.45) is 0 Å². The molecule has 19 heavy (non-hydrogen) atoms. The number of hydrogen-bond donors (Lipinski definition) is 1. The molecule has 0 spiro atoms. The lowest BCUT2D eigenvalue weighted by Crippen LogP contribution is -2.19. The minimum Gasteiger partial charge on any atom is -0.435 e. The predicted octanol–water partition coefficient (Wildman–Crippen LogP) is 3.08. The number of amides is 1. The Labute approximate surface area is 115 Å². The highest BCUT2D eigenvalue weighted by atomic mass is 32.2. The standard InChI is InChI=1S/C13H17F2NO2S/c1-3-4-9-7-10(19-8-12(17)16-2)5-6-11(9)18-13(14)15/h5-7,13H,3-4,8H2,1-2H3,(H,16,17). The molecule has 0 atom stereocenters. The van der Waals surface area contributed by atoms with E-state index in [0.29, 0.717) is 12.2 Å². The third-order valence-corrected chi connectivity index (χ3v) is 3.41. The highest BCUT2D eigenvalue weighted by molar-refractivity contribution is 8.00. The van der Waals surface area contributed by atoms with Gasteiger partial charge in [-0.1, -0.05) is 13.3 Å². The second kappa shape index (κ2) is 7.99. The molecule has 0 aromatic heterocycles. The summed E-state index contributed by atoms with van der Waals surface area (Å²) in [6.07, 6.45) is 1.50. The van der Waals surface area contributed by atoms with Crippen LogP contribution in [0.4, 0.5) is 8.78 Å². The van der Waals surface area contributed by atoms with E-state index >= 15 is 0 Å². The second-order valence-electron chi connectivity index (χ2n) is 3.86. The van der Waals surface area contributed by atoms with Crippen molar-refractivity contribution in [3.05, 3.63) is 23.8 Å². The number of halogens is 2. The van der Waals surface area contributed by atoms with Crippen LogP contribution in [0.3, 0.4) is 0 Å². The van der Waals surface area contributed by atoms with Crippen LogP contribution in [0.2, 0.25) is 0 Å². The fourth-order valence-electron chi connectivity index (χ4n) is 1.54. The highest BCUT2D eigenvalue weighted by Gasteiger charge is 2.10. The van der Waals surface area contributed by atoms with E-state index in [2.05, 4.69) is 10.1 Å². The Morgan fingerprint density at radius 1 is 1.47 bits per heavy atom. The van der Waals surface area contributed by atoms with Gasteiger partial charge in [0, 0.05) is 11.9 Å². The van der Waals surface area contributed by atoms with Crippen LogP contribution in [0.5, 0.6) is 5.75 Å². The van der Waals surface area contributed by atoms with E-state index in [4.69, 9.17) is 0 Å². The first-order chi connectivity index (χ1) is 9.06. The van der Waals surface area contributed by atoms with Gasteiger partial charge in [-0.3, -0.25) is 4.79 Å². The number of benzene rings is 1.